The number of aryl methyl sites for hydroxylation is 1. The molecular weight excluding hydrogens is 446 g/mol. The van der Waals surface area contributed by atoms with Crippen molar-refractivity contribution in [2.24, 2.45) is 24.8 Å². The lowest BCUT2D eigenvalue weighted by Crippen LogP contribution is -2.48. The van der Waals surface area contributed by atoms with Crippen LogP contribution in [0.2, 0.25) is 0 Å². The lowest BCUT2D eigenvalue weighted by molar-refractivity contribution is -0.659. The van der Waals surface area contributed by atoms with Gasteiger partial charge in [-0.3, -0.25) is 0 Å². The van der Waals surface area contributed by atoms with Crippen molar-refractivity contribution in [1.29, 1.82) is 0 Å². The number of hydrogen-bond donors (Lipinski definition) is 0. The van der Waals surface area contributed by atoms with Gasteiger partial charge in [-0.1, -0.05) is 62.4 Å². The van der Waals surface area contributed by atoms with Crippen LogP contribution in [-0.2, 0) is 12.5 Å². The van der Waals surface area contributed by atoms with Gasteiger partial charge in [0.2, 0.25) is 5.69 Å². The normalized spacial score (nSPS) is 26.4. The van der Waals surface area contributed by atoms with Crippen molar-refractivity contribution in [2.75, 3.05) is 0 Å². The first-order chi connectivity index (χ1) is 17.9. The fourth-order valence-corrected chi connectivity index (χ4v) is 8.88. The summed E-state index contributed by atoms with van der Waals surface area (Å²) in [5.74, 6) is 3.40. The van der Waals surface area contributed by atoms with Gasteiger partial charge in [-0.25, -0.2) is 4.57 Å². The highest BCUT2D eigenvalue weighted by Gasteiger charge is 2.51. The van der Waals surface area contributed by atoms with E-state index in [1.807, 2.05) is 0 Å². The van der Waals surface area contributed by atoms with E-state index in [1.165, 1.54) is 82.8 Å². The van der Waals surface area contributed by atoms with Crippen molar-refractivity contribution >= 4 is 10.8 Å². The zero-order chi connectivity index (χ0) is 25.3. The minimum absolute atomic E-state index is 0.440. The first kappa shape index (κ1) is 23.2. The lowest BCUT2D eigenvalue weighted by Gasteiger charge is -2.57. The molecule has 4 aromatic rings. The number of pyridine rings is 1. The monoisotopic (exact) mass is 486 g/mol. The summed E-state index contributed by atoms with van der Waals surface area (Å²) < 4.78 is 2.34. The van der Waals surface area contributed by atoms with Crippen LogP contribution in [0.15, 0.2) is 72.9 Å². The second-order valence-electron chi connectivity index (χ2n) is 13.0. The second kappa shape index (κ2) is 8.55. The summed E-state index contributed by atoms with van der Waals surface area (Å²) in [4.78, 5) is 0. The second-order valence-corrected chi connectivity index (χ2v) is 13.0. The number of rotatable bonds is 4. The quantitative estimate of drug-likeness (QED) is 0.254. The van der Waals surface area contributed by atoms with Crippen LogP contribution in [0.4, 0.5) is 0 Å². The third-order valence-electron chi connectivity index (χ3n) is 10.2. The van der Waals surface area contributed by atoms with E-state index in [0.29, 0.717) is 11.3 Å². The van der Waals surface area contributed by atoms with E-state index in [0.717, 1.165) is 17.8 Å². The third kappa shape index (κ3) is 3.77. The van der Waals surface area contributed by atoms with Crippen LogP contribution in [-0.4, -0.2) is 0 Å². The topological polar surface area (TPSA) is 3.88 Å². The van der Waals surface area contributed by atoms with Crippen LogP contribution in [0.25, 0.3) is 33.2 Å². The lowest BCUT2D eigenvalue weighted by atomic mass is 9.48. The van der Waals surface area contributed by atoms with E-state index >= 15 is 0 Å². The molecule has 4 saturated carbocycles. The molecule has 4 fully saturated rings. The minimum Gasteiger partial charge on any atom is -0.200 e. The van der Waals surface area contributed by atoms with Gasteiger partial charge >= 0.3 is 0 Å². The Morgan fingerprint density at radius 3 is 2.11 bits per heavy atom. The van der Waals surface area contributed by atoms with E-state index in [4.69, 9.17) is 0 Å². The molecule has 1 nitrogen and oxygen atoms in total. The third-order valence-corrected chi connectivity index (χ3v) is 10.2. The summed E-state index contributed by atoms with van der Waals surface area (Å²) in [6.07, 6.45) is 11.1. The van der Waals surface area contributed by atoms with Crippen molar-refractivity contribution in [1.82, 2.24) is 0 Å². The molecule has 0 spiro atoms. The first-order valence-corrected chi connectivity index (χ1v) is 14.5. The van der Waals surface area contributed by atoms with Crippen LogP contribution in [0.5, 0.6) is 0 Å². The molecule has 1 heteroatoms. The Morgan fingerprint density at radius 1 is 0.784 bits per heavy atom. The van der Waals surface area contributed by atoms with Gasteiger partial charge in [0.25, 0.3) is 0 Å². The van der Waals surface area contributed by atoms with Crippen LogP contribution >= 0.6 is 0 Å². The van der Waals surface area contributed by atoms with E-state index in [1.54, 1.807) is 5.56 Å². The summed E-state index contributed by atoms with van der Waals surface area (Å²) >= 11 is 0. The maximum Gasteiger partial charge on any atom is 0.220 e. The maximum atomic E-state index is 2.58. The molecule has 3 aromatic carbocycles. The minimum atomic E-state index is 0.440. The molecule has 0 saturated heterocycles. The van der Waals surface area contributed by atoms with Gasteiger partial charge < -0.3 is 0 Å². The molecule has 4 aliphatic rings. The van der Waals surface area contributed by atoms with E-state index in [2.05, 4.69) is 105 Å². The number of fused-ring (bicyclic) bond motifs is 1. The van der Waals surface area contributed by atoms with Gasteiger partial charge in [0.15, 0.2) is 6.20 Å². The van der Waals surface area contributed by atoms with Crippen molar-refractivity contribution in [3.8, 4) is 22.4 Å². The Hall–Kier alpha value is -2.93. The summed E-state index contributed by atoms with van der Waals surface area (Å²) in [6.45, 7) is 6.96. The highest BCUT2D eigenvalue weighted by atomic mass is 14.9. The fourth-order valence-electron chi connectivity index (χ4n) is 8.88. The molecule has 0 atom stereocenters. The Labute approximate surface area is 222 Å². The van der Waals surface area contributed by atoms with Gasteiger partial charge in [0.05, 0.1) is 10.9 Å². The Balaban J connectivity index is 1.39. The number of benzene rings is 3. The summed E-state index contributed by atoms with van der Waals surface area (Å²) in [7, 11) is 2.21. The number of nitrogens with zero attached hydrogens (tertiary/aromatic N) is 1. The molecule has 1 heterocycles. The van der Waals surface area contributed by atoms with Crippen LogP contribution in [0, 0.1) is 24.7 Å². The largest absolute Gasteiger partial charge is 0.220 e. The zero-order valence-electron chi connectivity index (χ0n) is 22.9. The molecule has 0 unspecified atom stereocenters. The van der Waals surface area contributed by atoms with Crippen LogP contribution in [0.3, 0.4) is 0 Å². The molecular formula is C36H40N+. The van der Waals surface area contributed by atoms with E-state index < -0.39 is 0 Å². The van der Waals surface area contributed by atoms with Crippen molar-refractivity contribution in [3.05, 3.63) is 89.6 Å². The van der Waals surface area contributed by atoms with Crippen molar-refractivity contribution in [2.45, 2.75) is 70.6 Å². The molecule has 0 aliphatic heterocycles. The first-order valence-electron chi connectivity index (χ1n) is 14.5. The Morgan fingerprint density at radius 2 is 1.46 bits per heavy atom. The fraction of sp³-hybridized carbons (Fsp3) is 0.417. The summed E-state index contributed by atoms with van der Waals surface area (Å²) in [6, 6.07) is 25.6. The Kier molecular flexibility index (Phi) is 5.36. The standard InChI is InChI=1S/C36H40N/c1-23(2)33-18-30(28-8-6-5-7-9-28)19-34(24(33)3)35-32-11-10-31(17-29(32)12-13-37(35)4)36-20-25-14-26(21-36)16-27(15-25)22-36/h5-13,17-19,23,25-27H,14-16,20-22H2,1-4H3/q+1. The number of hydrogen-bond acceptors (Lipinski definition) is 0. The Bertz CT molecular complexity index is 1460. The maximum absolute atomic E-state index is 2.58. The molecule has 8 rings (SSSR count). The van der Waals surface area contributed by atoms with Gasteiger partial charge in [-0.15, -0.1) is 0 Å². The summed E-state index contributed by atoms with van der Waals surface area (Å²) in [5, 5.41) is 2.78. The smallest absolute Gasteiger partial charge is 0.200 e. The summed E-state index contributed by atoms with van der Waals surface area (Å²) in [5.41, 5.74) is 10.2. The van der Waals surface area contributed by atoms with E-state index in [-0.39, 0.29) is 0 Å². The number of aromatic nitrogens is 1. The van der Waals surface area contributed by atoms with Gasteiger partial charge in [0, 0.05) is 6.07 Å². The molecule has 37 heavy (non-hydrogen) atoms. The predicted octanol–water partition coefficient (Wildman–Crippen LogP) is 8.90. The highest BCUT2D eigenvalue weighted by molar-refractivity contribution is 5.95. The molecule has 4 aliphatic carbocycles. The SMILES string of the molecule is Cc1c(-c2c3ccc(C45CC6CC(CC(C6)C4)C5)cc3cc[n+]2C)cc(-c2ccccc2)cc1C(C)C. The molecule has 0 amide bonds. The van der Waals surface area contributed by atoms with Gasteiger partial charge in [-0.05, 0) is 120 Å². The zero-order valence-corrected chi connectivity index (χ0v) is 22.9. The van der Waals surface area contributed by atoms with Gasteiger partial charge in [0.1, 0.15) is 7.05 Å². The van der Waals surface area contributed by atoms with Crippen molar-refractivity contribution in [3.63, 3.8) is 0 Å². The van der Waals surface area contributed by atoms with Crippen LogP contribution < -0.4 is 4.57 Å². The molecule has 188 valence electrons. The van der Waals surface area contributed by atoms with Gasteiger partial charge in [-0.2, -0.15) is 0 Å². The average molecular weight is 487 g/mol. The molecule has 1 aromatic heterocycles. The van der Waals surface area contributed by atoms with Crippen LogP contribution in [0.1, 0.15) is 75.0 Å². The van der Waals surface area contributed by atoms with Crippen molar-refractivity contribution < 1.29 is 4.57 Å². The molecule has 0 radical (unpaired) electrons. The highest BCUT2D eigenvalue weighted by Crippen LogP contribution is 2.61. The molecule has 4 bridgehead atoms. The molecule has 0 N–H and O–H groups in total. The average Bonchev–Trinajstić information content (AvgIpc) is 2.88. The van der Waals surface area contributed by atoms with E-state index in [9.17, 15) is 0 Å². The predicted molar refractivity (Wildman–Crippen MR) is 155 cm³/mol.